The van der Waals surface area contributed by atoms with Crippen molar-refractivity contribution in [2.45, 2.75) is 31.5 Å². The summed E-state index contributed by atoms with van der Waals surface area (Å²) >= 11 is 0. The summed E-state index contributed by atoms with van der Waals surface area (Å²) in [5.41, 5.74) is 1.00. The highest BCUT2D eigenvalue weighted by molar-refractivity contribution is 5.85. The minimum Gasteiger partial charge on any atom is -0.493 e. The van der Waals surface area contributed by atoms with Gasteiger partial charge in [-0.05, 0) is 37.8 Å². The van der Waals surface area contributed by atoms with Crippen LogP contribution in [0, 0.1) is 11.8 Å². The summed E-state index contributed by atoms with van der Waals surface area (Å²) < 4.78 is 10.9. The zero-order chi connectivity index (χ0) is 14.4. The van der Waals surface area contributed by atoms with Crippen LogP contribution in [-0.2, 0) is 6.54 Å². The maximum Gasteiger partial charge on any atom is 0.183 e. The summed E-state index contributed by atoms with van der Waals surface area (Å²) in [5.74, 6) is 3.23. The Balaban J connectivity index is 0.000000960. The van der Waals surface area contributed by atoms with Crippen LogP contribution < -0.4 is 14.8 Å². The molecule has 5 nitrogen and oxygen atoms in total. The van der Waals surface area contributed by atoms with E-state index < -0.39 is 0 Å². The van der Waals surface area contributed by atoms with Gasteiger partial charge in [0.25, 0.3) is 0 Å². The Morgan fingerprint density at radius 1 is 1.13 bits per heavy atom. The number of halogens is 2. The quantitative estimate of drug-likeness (QED) is 0.889. The van der Waals surface area contributed by atoms with Crippen LogP contribution in [-0.4, -0.2) is 49.3 Å². The molecule has 0 radical (unpaired) electrons. The van der Waals surface area contributed by atoms with Crippen molar-refractivity contribution in [3.8, 4) is 11.5 Å². The molecule has 2 bridgehead atoms. The molecule has 3 saturated heterocycles. The van der Waals surface area contributed by atoms with Gasteiger partial charge in [-0.2, -0.15) is 0 Å². The summed E-state index contributed by atoms with van der Waals surface area (Å²) in [7, 11) is 3.37. The zero-order valence-corrected chi connectivity index (χ0v) is 15.2. The van der Waals surface area contributed by atoms with Gasteiger partial charge in [0.2, 0.25) is 0 Å². The van der Waals surface area contributed by atoms with Gasteiger partial charge in [-0.15, -0.1) is 24.8 Å². The molecule has 4 heterocycles. The van der Waals surface area contributed by atoms with Crippen molar-refractivity contribution in [3.63, 3.8) is 0 Å². The second kappa shape index (κ2) is 7.43. The molecule has 0 unspecified atom stereocenters. The highest BCUT2D eigenvalue weighted by Gasteiger charge is 2.54. The number of pyridine rings is 1. The van der Waals surface area contributed by atoms with Crippen LogP contribution in [0.3, 0.4) is 0 Å². The van der Waals surface area contributed by atoms with Crippen LogP contribution in [0.2, 0.25) is 0 Å². The molecule has 130 valence electrons. The molecule has 1 aromatic heterocycles. The fraction of sp³-hybridized carbons (Fsp3) is 0.688. The molecule has 1 aromatic rings. The maximum absolute atomic E-state index is 5.54. The average molecular weight is 362 g/mol. The molecule has 0 aliphatic carbocycles. The van der Waals surface area contributed by atoms with Crippen LogP contribution >= 0.6 is 24.8 Å². The Morgan fingerprint density at radius 2 is 1.78 bits per heavy atom. The normalized spacial score (nSPS) is 31.2. The Morgan fingerprint density at radius 3 is 2.35 bits per heavy atom. The van der Waals surface area contributed by atoms with Gasteiger partial charge in [0, 0.05) is 30.9 Å². The molecule has 0 amide bonds. The molecule has 0 spiro atoms. The van der Waals surface area contributed by atoms with E-state index in [0.29, 0.717) is 12.1 Å². The SMILES string of the molecule is COc1ccnc(CN2[C@@H]3CC[C@H]2[C@H]2CNC[C@H]23)c1OC.Cl.Cl. The first-order chi connectivity index (χ1) is 10.3. The average Bonchev–Trinajstić information content (AvgIpc) is 3.19. The van der Waals surface area contributed by atoms with Crippen molar-refractivity contribution < 1.29 is 9.47 Å². The highest BCUT2D eigenvalue weighted by atomic mass is 35.5. The van der Waals surface area contributed by atoms with Crippen molar-refractivity contribution in [3.05, 3.63) is 18.0 Å². The second-order valence-electron chi connectivity index (χ2n) is 6.36. The number of fused-ring (bicyclic) bond motifs is 5. The summed E-state index contributed by atoms with van der Waals surface area (Å²) in [5, 5.41) is 3.56. The number of rotatable bonds is 4. The van der Waals surface area contributed by atoms with Crippen LogP contribution in [0.25, 0.3) is 0 Å². The van der Waals surface area contributed by atoms with E-state index in [1.54, 1.807) is 14.2 Å². The summed E-state index contributed by atoms with van der Waals surface area (Å²) in [6, 6.07) is 3.29. The lowest BCUT2D eigenvalue weighted by Crippen LogP contribution is -2.34. The minimum atomic E-state index is 0. The lowest BCUT2D eigenvalue weighted by atomic mass is 9.82. The van der Waals surface area contributed by atoms with Crippen LogP contribution in [0.5, 0.6) is 11.5 Å². The van der Waals surface area contributed by atoms with Gasteiger partial charge in [0.15, 0.2) is 11.5 Å². The zero-order valence-electron chi connectivity index (χ0n) is 13.5. The monoisotopic (exact) mass is 361 g/mol. The third-order valence-corrected chi connectivity index (χ3v) is 5.61. The molecule has 7 heteroatoms. The van der Waals surface area contributed by atoms with Gasteiger partial charge in [0.05, 0.1) is 14.2 Å². The number of nitrogens with zero attached hydrogens (tertiary/aromatic N) is 2. The lowest BCUT2D eigenvalue weighted by molar-refractivity contribution is 0.211. The van der Waals surface area contributed by atoms with E-state index in [0.717, 1.165) is 35.6 Å². The maximum atomic E-state index is 5.54. The van der Waals surface area contributed by atoms with Gasteiger partial charge in [-0.25, -0.2) is 0 Å². The van der Waals surface area contributed by atoms with E-state index in [9.17, 15) is 0 Å². The second-order valence-corrected chi connectivity index (χ2v) is 6.36. The molecular weight excluding hydrogens is 337 g/mol. The van der Waals surface area contributed by atoms with E-state index in [2.05, 4.69) is 15.2 Å². The number of hydrogen-bond donors (Lipinski definition) is 1. The first kappa shape index (κ1) is 18.6. The molecule has 3 aliphatic rings. The van der Waals surface area contributed by atoms with E-state index in [1.807, 2.05) is 12.3 Å². The number of hydrogen-bond acceptors (Lipinski definition) is 5. The van der Waals surface area contributed by atoms with Crippen LogP contribution in [0.15, 0.2) is 12.3 Å². The van der Waals surface area contributed by atoms with Gasteiger partial charge < -0.3 is 14.8 Å². The van der Waals surface area contributed by atoms with Gasteiger partial charge in [-0.1, -0.05) is 0 Å². The number of methoxy groups -OCH3 is 2. The lowest BCUT2D eigenvalue weighted by Gasteiger charge is -2.25. The Bertz CT molecular complexity index is 528. The molecule has 4 atom stereocenters. The fourth-order valence-corrected chi connectivity index (χ4v) is 4.77. The van der Waals surface area contributed by atoms with E-state index in [1.165, 1.54) is 25.9 Å². The molecule has 0 saturated carbocycles. The van der Waals surface area contributed by atoms with E-state index >= 15 is 0 Å². The summed E-state index contributed by atoms with van der Waals surface area (Å²) in [4.78, 5) is 7.22. The smallest absolute Gasteiger partial charge is 0.183 e. The third-order valence-electron chi connectivity index (χ3n) is 5.61. The largest absolute Gasteiger partial charge is 0.493 e. The molecule has 3 fully saturated rings. The molecule has 4 rings (SSSR count). The Kier molecular flexibility index (Phi) is 6.00. The fourth-order valence-electron chi connectivity index (χ4n) is 4.77. The van der Waals surface area contributed by atoms with Crippen LogP contribution in [0.1, 0.15) is 18.5 Å². The summed E-state index contributed by atoms with van der Waals surface area (Å²) in [6.45, 7) is 3.25. The van der Waals surface area contributed by atoms with E-state index in [4.69, 9.17) is 9.47 Å². The molecule has 23 heavy (non-hydrogen) atoms. The van der Waals surface area contributed by atoms with Crippen molar-refractivity contribution in [1.29, 1.82) is 0 Å². The first-order valence-electron chi connectivity index (χ1n) is 7.85. The molecule has 0 aromatic carbocycles. The van der Waals surface area contributed by atoms with Crippen molar-refractivity contribution in [2.24, 2.45) is 11.8 Å². The van der Waals surface area contributed by atoms with Gasteiger partial charge in [-0.3, -0.25) is 9.88 Å². The third kappa shape index (κ3) is 2.88. The number of ether oxygens (including phenoxy) is 2. The van der Waals surface area contributed by atoms with Crippen LogP contribution in [0.4, 0.5) is 0 Å². The standard InChI is InChI=1S/C16H23N3O2.2ClH/c1-20-15-5-6-18-12(16(15)21-2)9-19-13-3-4-14(19)11-8-17-7-10(11)13;;/h5-6,10-11,13-14,17H,3-4,7-9H2,1-2H3;2*1H/t10-,11+,13-,14+;;. The van der Waals surface area contributed by atoms with Gasteiger partial charge in [0.1, 0.15) is 5.69 Å². The summed E-state index contributed by atoms with van der Waals surface area (Å²) in [6.07, 6.45) is 4.48. The van der Waals surface area contributed by atoms with E-state index in [-0.39, 0.29) is 24.8 Å². The first-order valence-corrected chi connectivity index (χ1v) is 7.85. The molecule has 1 N–H and O–H groups in total. The van der Waals surface area contributed by atoms with Gasteiger partial charge >= 0.3 is 0 Å². The predicted octanol–water partition coefficient (Wildman–Crippen LogP) is 2.12. The molecule has 3 aliphatic heterocycles. The van der Waals surface area contributed by atoms with Crippen molar-refractivity contribution >= 4 is 24.8 Å². The highest BCUT2D eigenvalue weighted by Crippen LogP contribution is 2.48. The van der Waals surface area contributed by atoms with Crippen molar-refractivity contribution in [2.75, 3.05) is 27.3 Å². The predicted molar refractivity (Wildman–Crippen MR) is 94.0 cm³/mol. The number of aromatic nitrogens is 1. The topological polar surface area (TPSA) is 46.6 Å². The minimum absolute atomic E-state index is 0. The molecular formula is C16H25Cl2N3O2. The Labute approximate surface area is 149 Å². The van der Waals surface area contributed by atoms with Crippen molar-refractivity contribution in [1.82, 2.24) is 15.2 Å². The number of nitrogens with one attached hydrogen (secondary N) is 1. The Hall–Kier alpha value is -0.750.